The Kier molecular flexibility index (Phi) is 6.63. The molecule has 0 aliphatic heterocycles. The second-order valence-electron chi connectivity index (χ2n) is 3.54. The molecular weight excluding hydrogens is 295 g/mol. The number of benzene rings is 1. The number of nitrogens with zero attached hydrogens (tertiary/aromatic N) is 3. The first kappa shape index (κ1) is 18.1. The lowest BCUT2D eigenvalue weighted by molar-refractivity contribution is -0.969. The fraction of sp³-hybridized carbons (Fsp3) is 0.200. The molecule has 0 radical (unpaired) electrons. The van der Waals surface area contributed by atoms with E-state index in [9.17, 15) is 13.2 Å². The Morgan fingerprint density at radius 2 is 1.76 bits per heavy atom. The molecule has 0 saturated heterocycles. The molecule has 0 aromatic heterocycles. The summed E-state index contributed by atoms with van der Waals surface area (Å²) in [5.41, 5.74) is 9.98. The van der Waals surface area contributed by atoms with Crippen molar-refractivity contribution in [1.82, 2.24) is 0 Å². The molecule has 0 spiro atoms. The number of halogens is 3. The summed E-state index contributed by atoms with van der Waals surface area (Å²) in [6.07, 6.45) is -4.38. The third-order valence-corrected chi connectivity index (χ3v) is 1.92. The van der Waals surface area contributed by atoms with Crippen LogP contribution in [-0.4, -0.2) is 27.2 Å². The minimum absolute atomic E-state index is 0.253. The molecule has 116 valence electrons. The maximum absolute atomic E-state index is 12.4. The van der Waals surface area contributed by atoms with E-state index < -0.39 is 16.8 Å². The van der Waals surface area contributed by atoms with Gasteiger partial charge >= 0.3 is 11.3 Å². The van der Waals surface area contributed by atoms with Gasteiger partial charge in [-0.1, -0.05) is 12.1 Å². The van der Waals surface area contributed by atoms with E-state index in [0.717, 1.165) is 12.1 Å². The highest BCUT2D eigenvalue weighted by molar-refractivity contribution is 5.99. The van der Waals surface area contributed by atoms with Crippen molar-refractivity contribution in [2.75, 3.05) is 0 Å². The Hall–Kier alpha value is -2.85. The van der Waals surface area contributed by atoms with Crippen molar-refractivity contribution < 1.29 is 28.7 Å². The van der Waals surface area contributed by atoms with Crippen LogP contribution in [0.1, 0.15) is 18.1 Å². The molecule has 0 heterocycles. The minimum atomic E-state index is -4.38. The Morgan fingerprint density at radius 3 is 2.19 bits per heavy atom. The fourth-order valence-corrected chi connectivity index (χ4v) is 1.11. The topological polar surface area (TPSA) is 137 Å². The van der Waals surface area contributed by atoms with Gasteiger partial charge in [-0.05, 0) is 24.6 Å². The van der Waals surface area contributed by atoms with E-state index in [-0.39, 0.29) is 5.96 Å². The first-order valence-electron chi connectivity index (χ1n) is 5.20. The van der Waals surface area contributed by atoms with Crippen molar-refractivity contribution in [3.8, 4) is 0 Å². The summed E-state index contributed by atoms with van der Waals surface area (Å²) in [6, 6.07) is 4.77. The monoisotopic (exact) mass is 308 g/mol. The average Bonchev–Trinajstić information content (AvgIpc) is 2.34. The Balaban J connectivity index is 0.000000885. The highest BCUT2D eigenvalue weighted by Gasteiger charge is 2.30. The molecule has 0 aliphatic rings. The van der Waals surface area contributed by atoms with Crippen LogP contribution in [0.3, 0.4) is 0 Å². The normalized spacial score (nSPS) is 11.1. The first-order chi connectivity index (χ1) is 9.54. The van der Waals surface area contributed by atoms with Crippen molar-refractivity contribution in [1.29, 1.82) is 0 Å². The molecule has 0 saturated carbocycles. The second-order valence-corrected chi connectivity index (χ2v) is 3.54. The van der Waals surface area contributed by atoms with Crippen molar-refractivity contribution in [2.45, 2.75) is 13.1 Å². The Bertz CT molecular complexity index is 549. The van der Waals surface area contributed by atoms with Crippen LogP contribution in [0.2, 0.25) is 0 Å². The van der Waals surface area contributed by atoms with E-state index in [1.54, 1.807) is 0 Å². The quantitative estimate of drug-likeness (QED) is 0.370. The third-order valence-electron chi connectivity index (χ3n) is 1.92. The summed E-state index contributed by atoms with van der Waals surface area (Å²) in [4.78, 5) is 8.47. The SMILES string of the molecule is C/C(=N\N=C(N)N)c1cccc(C(F)(F)F)c1.O=[N+](O)O. The van der Waals surface area contributed by atoms with Crippen LogP contribution in [0.25, 0.3) is 0 Å². The highest BCUT2D eigenvalue weighted by atomic mass is 19.4. The zero-order valence-corrected chi connectivity index (χ0v) is 10.7. The summed E-state index contributed by atoms with van der Waals surface area (Å²) >= 11 is 0. The van der Waals surface area contributed by atoms with Gasteiger partial charge in [-0.2, -0.15) is 18.3 Å². The van der Waals surface area contributed by atoms with E-state index >= 15 is 0 Å². The maximum atomic E-state index is 12.4. The molecule has 0 amide bonds. The van der Waals surface area contributed by atoms with E-state index in [2.05, 4.69) is 10.2 Å². The van der Waals surface area contributed by atoms with Gasteiger partial charge in [0.1, 0.15) is 4.91 Å². The molecule has 0 fully saturated rings. The van der Waals surface area contributed by atoms with E-state index in [4.69, 9.17) is 26.8 Å². The highest BCUT2D eigenvalue weighted by Crippen LogP contribution is 2.29. The summed E-state index contributed by atoms with van der Waals surface area (Å²) in [7, 11) is 0. The predicted molar refractivity (Wildman–Crippen MR) is 66.7 cm³/mol. The molecule has 1 aromatic rings. The van der Waals surface area contributed by atoms with Gasteiger partial charge in [0.15, 0.2) is 0 Å². The fourth-order valence-electron chi connectivity index (χ4n) is 1.11. The van der Waals surface area contributed by atoms with Crippen LogP contribution >= 0.6 is 0 Å². The third kappa shape index (κ3) is 8.02. The van der Waals surface area contributed by atoms with Crippen molar-refractivity contribution in [3.05, 3.63) is 40.3 Å². The van der Waals surface area contributed by atoms with Gasteiger partial charge in [0, 0.05) is 0 Å². The molecule has 0 bridgehead atoms. The predicted octanol–water partition coefficient (Wildman–Crippen LogP) is 1.25. The van der Waals surface area contributed by atoms with Crippen LogP contribution < -0.4 is 11.5 Å². The van der Waals surface area contributed by atoms with Gasteiger partial charge in [0.2, 0.25) is 5.96 Å². The smallest absolute Gasteiger partial charge is 0.369 e. The van der Waals surface area contributed by atoms with Crippen LogP contribution in [0.5, 0.6) is 0 Å². The van der Waals surface area contributed by atoms with Crippen LogP contribution in [0.15, 0.2) is 34.5 Å². The number of hydrogen-bond donors (Lipinski definition) is 4. The zero-order valence-electron chi connectivity index (χ0n) is 10.7. The number of nitrogens with two attached hydrogens (primary N) is 2. The molecule has 0 atom stereocenters. The number of guanidine groups is 1. The lowest BCUT2D eigenvalue weighted by Crippen LogP contribution is -2.22. The zero-order chi connectivity index (χ0) is 16.6. The number of hydrogen-bond acceptors (Lipinski definition) is 3. The number of alkyl halides is 3. The molecule has 1 rings (SSSR count). The largest absolute Gasteiger partial charge is 0.472 e. The van der Waals surface area contributed by atoms with Crippen LogP contribution in [0.4, 0.5) is 13.2 Å². The summed E-state index contributed by atoms with van der Waals surface area (Å²) in [5, 5.41) is 19.5. The molecule has 0 aliphatic carbocycles. The molecule has 1 aromatic carbocycles. The van der Waals surface area contributed by atoms with Gasteiger partial charge in [-0.15, -0.1) is 5.10 Å². The molecular formula is C10H13F3N5O3+. The Morgan fingerprint density at radius 1 is 1.24 bits per heavy atom. The lowest BCUT2D eigenvalue weighted by Gasteiger charge is -2.07. The summed E-state index contributed by atoms with van der Waals surface area (Å²) < 4.78 is 37.3. The lowest BCUT2D eigenvalue weighted by atomic mass is 10.1. The van der Waals surface area contributed by atoms with Gasteiger partial charge in [-0.25, -0.2) is 10.4 Å². The van der Waals surface area contributed by atoms with Crippen molar-refractivity contribution in [3.63, 3.8) is 0 Å². The first-order valence-corrected chi connectivity index (χ1v) is 5.20. The van der Waals surface area contributed by atoms with Crippen molar-refractivity contribution in [2.24, 2.45) is 21.7 Å². The van der Waals surface area contributed by atoms with Crippen LogP contribution in [0, 0.1) is 4.91 Å². The standard InChI is InChI=1S/C10H11F3N4.H2NO3/c1-6(16-17-9(14)15)7-3-2-4-8(5-7)10(11,12)13;2-1(3)4/h2-5H,1H3,(H4,14,15,17);(H2,2,3,4)/q;+1/b16-6+;. The summed E-state index contributed by atoms with van der Waals surface area (Å²) in [5.74, 6) is -0.253. The molecule has 6 N–H and O–H groups in total. The summed E-state index contributed by atoms with van der Waals surface area (Å²) in [6.45, 7) is 1.52. The Labute approximate surface area is 116 Å². The molecule has 11 heteroatoms. The average molecular weight is 308 g/mol. The second kappa shape index (κ2) is 7.67. The van der Waals surface area contributed by atoms with Crippen LogP contribution in [-0.2, 0) is 6.18 Å². The maximum Gasteiger partial charge on any atom is 0.472 e. The molecule has 0 unspecified atom stereocenters. The number of rotatable bonds is 2. The van der Waals surface area contributed by atoms with Crippen molar-refractivity contribution >= 4 is 11.7 Å². The molecule has 8 nitrogen and oxygen atoms in total. The van der Waals surface area contributed by atoms with Gasteiger partial charge in [0.05, 0.1) is 11.3 Å². The van der Waals surface area contributed by atoms with Gasteiger partial charge < -0.3 is 11.5 Å². The van der Waals surface area contributed by atoms with E-state index in [0.29, 0.717) is 11.3 Å². The molecule has 21 heavy (non-hydrogen) atoms. The van der Waals surface area contributed by atoms with E-state index in [1.807, 2.05) is 0 Å². The minimum Gasteiger partial charge on any atom is -0.369 e. The van der Waals surface area contributed by atoms with Gasteiger partial charge in [-0.3, -0.25) is 0 Å². The van der Waals surface area contributed by atoms with Gasteiger partial charge in [0.25, 0.3) is 0 Å². The van der Waals surface area contributed by atoms with E-state index in [1.165, 1.54) is 19.1 Å².